The van der Waals surface area contributed by atoms with Crippen molar-refractivity contribution in [3.8, 4) is 0 Å². The molecule has 28 heavy (non-hydrogen) atoms. The van der Waals surface area contributed by atoms with Crippen molar-refractivity contribution in [2.75, 3.05) is 38.1 Å². The van der Waals surface area contributed by atoms with Crippen molar-refractivity contribution in [2.24, 2.45) is 0 Å². The van der Waals surface area contributed by atoms with Gasteiger partial charge in [0.05, 0.1) is 0 Å². The molecule has 0 amide bonds. The Morgan fingerprint density at radius 1 is 1.21 bits per heavy atom. The maximum absolute atomic E-state index is 12.3. The molecule has 0 spiro atoms. The van der Waals surface area contributed by atoms with Crippen molar-refractivity contribution in [3.05, 3.63) is 30.0 Å². The van der Waals surface area contributed by atoms with Gasteiger partial charge in [-0.05, 0) is 25.2 Å². The number of carbonyl (C=O) groups is 2. The lowest BCUT2D eigenvalue weighted by Gasteiger charge is -2.34. The third-order valence-electron chi connectivity index (χ3n) is 4.03. The van der Waals surface area contributed by atoms with Crippen LogP contribution in [0.2, 0.25) is 0 Å². The highest BCUT2D eigenvalue weighted by Crippen LogP contribution is 2.31. The fourth-order valence-electron chi connectivity index (χ4n) is 2.54. The Balaban J connectivity index is 1.72. The molecular weight excluding hydrogens is 399 g/mol. The third-order valence-corrected chi connectivity index (χ3v) is 5.01. The van der Waals surface area contributed by atoms with Gasteiger partial charge in [-0.25, -0.2) is 9.59 Å². The standard InChI is InChI=1S/C16H16F3N5O3S/c1-23-5-7-24(8-6-23)10-3-2-4-11(9-10)28-13-12(20-22-21-13)14(25)27-15(26)16(17,18)19/h2-4,9H,5-8H2,1H3,(H,20,21,22). The highest BCUT2D eigenvalue weighted by Gasteiger charge is 2.43. The molecule has 8 nitrogen and oxygen atoms in total. The lowest BCUT2D eigenvalue weighted by molar-refractivity contribution is -0.193. The number of nitrogens with zero attached hydrogens (tertiary/aromatic N) is 4. The summed E-state index contributed by atoms with van der Waals surface area (Å²) in [6, 6.07) is 7.47. The largest absolute Gasteiger partial charge is 0.491 e. The van der Waals surface area contributed by atoms with E-state index in [9.17, 15) is 22.8 Å². The first-order valence-electron chi connectivity index (χ1n) is 8.20. The summed E-state index contributed by atoms with van der Waals surface area (Å²) in [5, 5.41) is 9.38. The summed E-state index contributed by atoms with van der Waals surface area (Å²) in [4.78, 5) is 27.8. The molecule has 0 bridgehead atoms. The van der Waals surface area contributed by atoms with Gasteiger partial charge in [-0.15, -0.1) is 5.10 Å². The fourth-order valence-corrected chi connectivity index (χ4v) is 3.41. The van der Waals surface area contributed by atoms with Crippen molar-refractivity contribution in [3.63, 3.8) is 0 Å². The van der Waals surface area contributed by atoms with Crippen LogP contribution in [-0.2, 0) is 9.53 Å². The van der Waals surface area contributed by atoms with Crippen LogP contribution in [0.1, 0.15) is 10.5 Å². The number of halogens is 3. The van der Waals surface area contributed by atoms with Crippen molar-refractivity contribution in [2.45, 2.75) is 16.1 Å². The smallest absolute Gasteiger partial charge is 0.381 e. The number of carbonyl (C=O) groups excluding carboxylic acids is 2. The number of ether oxygens (including phenoxy) is 1. The summed E-state index contributed by atoms with van der Waals surface area (Å²) in [6.45, 7) is 3.61. The van der Waals surface area contributed by atoms with Crippen molar-refractivity contribution >= 4 is 29.4 Å². The Kier molecular flexibility index (Phi) is 5.89. The van der Waals surface area contributed by atoms with Gasteiger partial charge in [0.2, 0.25) is 5.69 Å². The second-order valence-corrected chi connectivity index (χ2v) is 7.14. The van der Waals surface area contributed by atoms with Crippen LogP contribution < -0.4 is 4.90 Å². The van der Waals surface area contributed by atoms with Crippen molar-refractivity contribution in [1.29, 1.82) is 0 Å². The molecule has 0 atom stereocenters. The van der Waals surface area contributed by atoms with E-state index in [0.29, 0.717) is 0 Å². The van der Waals surface area contributed by atoms with E-state index in [1.807, 2.05) is 18.2 Å². The molecule has 1 aliphatic heterocycles. The van der Waals surface area contributed by atoms with Gasteiger partial charge >= 0.3 is 18.1 Å². The van der Waals surface area contributed by atoms with Gasteiger partial charge < -0.3 is 14.5 Å². The number of aromatic amines is 1. The van der Waals surface area contributed by atoms with E-state index >= 15 is 0 Å². The number of alkyl halides is 3. The minimum atomic E-state index is -5.27. The van der Waals surface area contributed by atoms with E-state index in [4.69, 9.17) is 0 Å². The van der Waals surface area contributed by atoms with Crippen molar-refractivity contribution in [1.82, 2.24) is 20.3 Å². The number of aromatic nitrogens is 3. The number of anilines is 1. The average molecular weight is 415 g/mol. The minimum Gasteiger partial charge on any atom is -0.381 e. The van der Waals surface area contributed by atoms with Crippen molar-refractivity contribution < 1.29 is 27.5 Å². The van der Waals surface area contributed by atoms with Crippen LogP contribution >= 0.6 is 11.8 Å². The van der Waals surface area contributed by atoms with Gasteiger partial charge in [-0.1, -0.05) is 23.0 Å². The molecule has 0 aliphatic carbocycles. The first-order chi connectivity index (χ1) is 13.2. The fraction of sp³-hybridized carbons (Fsp3) is 0.375. The first kappa shape index (κ1) is 20.1. The molecule has 1 aromatic carbocycles. The van der Waals surface area contributed by atoms with E-state index in [1.165, 1.54) is 0 Å². The Bertz CT molecular complexity index is 865. The van der Waals surface area contributed by atoms with E-state index < -0.39 is 23.8 Å². The Morgan fingerprint density at radius 2 is 1.93 bits per heavy atom. The SMILES string of the molecule is CN1CCN(c2cccc(Sc3[nH]nnc3C(=O)OC(=O)C(F)(F)F)c2)CC1. The normalized spacial score (nSPS) is 15.5. The average Bonchev–Trinajstić information content (AvgIpc) is 3.10. The number of nitrogens with one attached hydrogen (secondary N) is 1. The second-order valence-electron chi connectivity index (χ2n) is 6.05. The highest BCUT2D eigenvalue weighted by molar-refractivity contribution is 7.99. The summed E-state index contributed by atoms with van der Waals surface area (Å²) >= 11 is 1.05. The predicted molar refractivity (Wildman–Crippen MR) is 93.1 cm³/mol. The number of benzene rings is 1. The molecule has 2 aromatic rings. The molecule has 0 unspecified atom stereocenters. The zero-order valence-electron chi connectivity index (χ0n) is 14.7. The molecule has 2 heterocycles. The van der Waals surface area contributed by atoms with Gasteiger partial charge in [-0.2, -0.15) is 13.2 Å². The molecule has 1 saturated heterocycles. The lowest BCUT2D eigenvalue weighted by Crippen LogP contribution is -2.44. The van der Waals surface area contributed by atoms with Gasteiger partial charge in [0.1, 0.15) is 5.03 Å². The van der Waals surface area contributed by atoms with E-state index in [2.05, 4.69) is 37.0 Å². The maximum atomic E-state index is 12.3. The zero-order valence-corrected chi connectivity index (χ0v) is 15.5. The molecule has 0 radical (unpaired) electrons. The van der Waals surface area contributed by atoms with Crippen LogP contribution in [0, 0.1) is 0 Å². The minimum absolute atomic E-state index is 0.0792. The lowest BCUT2D eigenvalue weighted by atomic mass is 10.2. The van der Waals surface area contributed by atoms with Crippen LogP contribution in [0.15, 0.2) is 34.2 Å². The molecule has 12 heteroatoms. The van der Waals surface area contributed by atoms with Gasteiger partial charge in [0, 0.05) is 36.8 Å². The number of rotatable bonds is 4. The van der Waals surface area contributed by atoms with E-state index in [0.717, 1.165) is 48.5 Å². The summed E-state index contributed by atoms with van der Waals surface area (Å²) in [5.74, 6) is -4.12. The van der Waals surface area contributed by atoms with Crippen LogP contribution in [0.3, 0.4) is 0 Å². The van der Waals surface area contributed by atoms with E-state index in [-0.39, 0.29) is 5.03 Å². The molecule has 0 saturated carbocycles. The quantitative estimate of drug-likeness (QED) is 0.599. The predicted octanol–water partition coefficient (Wildman–Crippen LogP) is 1.95. The second kappa shape index (κ2) is 8.19. The van der Waals surface area contributed by atoms with Crippen LogP contribution in [-0.4, -0.2) is 71.7 Å². The number of piperazine rings is 1. The number of esters is 2. The Hall–Kier alpha value is -2.60. The topological polar surface area (TPSA) is 91.4 Å². The number of likely N-dealkylation sites (N-methyl/N-ethyl adjacent to an activating group) is 1. The van der Waals surface area contributed by atoms with Gasteiger partial charge in [-0.3, -0.25) is 5.10 Å². The molecule has 150 valence electrons. The van der Waals surface area contributed by atoms with Gasteiger partial charge in [0.25, 0.3) is 0 Å². The van der Waals surface area contributed by atoms with E-state index in [1.54, 1.807) is 6.07 Å². The maximum Gasteiger partial charge on any atom is 0.491 e. The zero-order chi connectivity index (χ0) is 20.3. The molecule has 1 fully saturated rings. The molecule has 1 aliphatic rings. The highest BCUT2D eigenvalue weighted by atomic mass is 32.2. The summed E-state index contributed by atoms with van der Waals surface area (Å²) in [5.41, 5.74) is 0.495. The molecule has 1 N–H and O–H groups in total. The summed E-state index contributed by atoms with van der Waals surface area (Å²) < 4.78 is 40.6. The van der Waals surface area contributed by atoms with Gasteiger partial charge in [0.15, 0.2) is 0 Å². The molecular formula is C16H16F3N5O3S. The number of hydrogen-bond donors (Lipinski definition) is 1. The Labute approximate surface area is 162 Å². The molecule has 3 rings (SSSR count). The summed E-state index contributed by atoms with van der Waals surface area (Å²) in [7, 11) is 2.05. The molecule has 1 aromatic heterocycles. The third kappa shape index (κ3) is 4.81. The monoisotopic (exact) mass is 415 g/mol. The van der Waals surface area contributed by atoms with Crippen LogP contribution in [0.4, 0.5) is 18.9 Å². The summed E-state index contributed by atoms with van der Waals surface area (Å²) in [6.07, 6.45) is -5.27. The first-order valence-corrected chi connectivity index (χ1v) is 9.01. The Morgan fingerprint density at radius 3 is 2.61 bits per heavy atom. The number of H-pyrrole nitrogens is 1. The van der Waals surface area contributed by atoms with Crippen LogP contribution in [0.25, 0.3) is 0 Å². The number of hydrogen-bond acceptors (Lipinski definition) is 8. The van der Waals surface area contributed by atoms with Crippen LogP contribution in [0.5, 0.6) is 0 Å².